The Morgan fingerprint density at radius 2 is 2.00 bits per heavy atom. The van der Waals surface area contributed by atoms with Crippen LogP contribution in [0.3, 0.4) is 0 Å². The molecule has 0 bridgehead atoms. The number of carbonyl (C=O) groups is 2. The lowest BCUT2D eigenvalue weighted by molar-refractivity contribution is -0.124. The highest BCUT2D eigenvalue weighted by atomic mass is 32.2. The van der Waals surface area contributed by atoms with Crippen molar-refractivity contribution in [3.05, 3.63) is 0 Å². The molecule has 1 rings (SSSR count). The van der Waals surface area contributed by atoms with Crippen molar-refractivity contribution in [1.29, 1.82) is 0 Å². The SMILES string of the molecule is C[C@@H]1CC[C@H](NC(=O)CC[C@H](C)C(N)=O)[C@@H](O)CN1S(C)(=O)=O. The molecule has 0 unspecified atom stereocenters. The Balaban J connectivity index is 2.61. The Hall–Kier alpha value is -1.19. The fraction of sp³-hybridized carbons (Fsp3) is 0.857. The molecule has 0 radical (unpaired) electrons. The van der Waals surface area contributed by atoms with E-state index in [4.69, 9.17) is 5.73 Å². The van der Waals surface area contributed by atoms with Gasteiger partial charge >= 0.3 is 0 Å². The lowest BCUT2D eigenvalue weighted by Crippen LogP contribution is -2.47. The number of β-amino-alcohol motifs (C(OH)–C–C–N with tert-alkyl or cyclic N) is 1. The van der Waals surface area contributed by atoms with Crippen LogP contribution in [-0.2, 0) is 19.6 Å². The number of nitrogens with one attached hydrogen (secondary N) is 1. The van der Waals surface area contributed by atoms with E-state index in [-0.39, 0.29) is 30.8 Å². The summed E-state index contributed by atoms with van der Waals surface area (Å²) in [5.74, 6) is -1.12. The van der Waals surface area contributed by atoms with Gasteiger partial charge in [-0.3, -0.25) is 9.59 Å². The maximum atomic E-state index is 11.9. The second-order valence-corrected chi connectivity index (χ2v) is 8.28. The molecule has 0 aromatic rings. The van der Waals surface area contributed by atoms with Gasteiger partial charge in [0.1, 0.15) is 0 Å². The molecule has 1 fully saturated rings. The van der Waals surface area contributed by atoms with Crippen LogP contribution in [0.2, 0.25) is 0 Å². The summed E-state index contributed by atoms with van der Waals surface area (Å²) in [6.45, 7) is 3.40. The van der Waals surface area contributed by atoms with Gasteiger partial charge in [-0.2, -0.15) is 4.31 Å². The maximum absolute atomic E-state index is 11.9. The van der Waals surface area contributed by atoms with Gasteiger partial charge in [-0.1, -0.05) is 6.92 Å². The molecule has 1 saturated heterocycles. The van der Waals surface area contributed by atoms with Crippen LogP contribution in [0, 0.1) is 5.92 Å². The van der Waals surface area contributed by atoms with Gasteiger partial charge in [0.2, 0.25) is 21.8 Å². The highest BCUT2D eigenvalue weighted by Crippen LogP contribution is 2.20. The normalized spacial score (nSPS) is 27.9. The molecule has 8 nitrogen and oxygen atoms in total. The number of hydrogen-bond donors (Lipinski definition) is 3. The van der Waals surface area contributed by atoms with Gasteiger partial charge in [0, 0.05) is 24.9 Å². The molecule has 4 atom stereocenters. The number of aliphatic hydroxyl groups excluding tert-OH is 1. The summed E-state index contributed by atoms with van der Waals surface area (Å²) in [6, 6.07) is -0.725. The van der Waals surface area contributed by atoms with Gasteiger partial charge in [-0.25, -0.2) is 8.42 Å². The van der Waals surface area contributed by atoms with Crippen LogP contribution in [0.25, 0.3) is 0 Å². The van der Waals surface area contributed by atoms with Gasteiger partial charge in [0.25, 0.3) is 0 Å². The molecule has 23 heavy (non-hydrogen) atoms. The molecule has 1 heterocycles. The zero-order chi connectivity index (χ0) is 17.8. The first-order chi connectivity index (χ1) is 10.5. The molecule has 2 amide bonds. The van der Waals surface area contributed by atoms with Crippen LogP contribution < -0.4 is 11.1 Å². The first-order valence-corrected chi connectivity index (χ1v) is 9.60. The average Bonchev–Trinajstić information content (AvgIpc) is 2.57. The summed E-state index contributed by atoms with van der Waals surface area (Å²) in [5, 5.41) is 13.0. The largest absolute Gasteiger partial charge is 0.390 e. The third-order valence-corrected chi connectivity index (χ3v) is 5.64. The number of amides is 2. The Morgan fingerprint density at radius 1 is 1.39 bits per heavy atom. The number of rotatable bonds is 6. The van der Waals surface area contributed by atoms with Gasteiger partial charge in [0.15, 0.2) is 0 Å². The van der Waals surface area contributed by atoms with Crippen molar-refractivity contribution in [2.75, 3.05) is 12.8 Å². The molecule has 0 spiro atoms. The monoisotopic (exact) mass is 349 g/mol. The van der Waals surface area contributed by atoms with E-state index in [1.165, 1.54) is 4.31 Å². The zero-order valence-corrected chi connectivity index (χ0v) is 14.7. The summed E-state index contributed by atoms with van der Waals surface area (Å²) in [6.07, 6.45) is 1.67. The Labute approximate surface area is 137 Å². The predicted octanol–water partition coefficient (Wildman–Crippen LogP) is -0.822. The summed E-state index contributed by atoms with van der Waals surface area (Å²) < 4.78 is 24.8. The van der Waals surface area contributed by atoms with E-state index < -0.39 is 28.1 Å². The fourth-order valence-electron chi connectivity index (χ4n) is 2.65. The van der Waals surface area contributed by atoms with E-state index in [1.807, 2.05) is 0 Å². The lowest BCUT2D eigenvalue weighted by Gasteiger charge is -2.26. The molecule has 4 N–H and O–H groups in total. The zero-order valence-electron chi connectivity index (χ0n) is 13.9. The fourth-order valence-corrected chi connectivity index (χ4v) is 3.83. The van der Waals surface area contributed by atoms with Crippen molar-refractivity contribution < 1.29 is 23.1 Å². The van der Waals surface area contributed by atoms with Crippen molar-refractivity contribution in [1.82, 2.24) is 9.62 Å². The van der Waals surface area contributed by atoms with Gasteiger partial charge < -0.3 is 16.2 Å². The molecule has 0 aromatic heterocycles. The Bertz CT molecular complexity index is 537. The highest BCUT2D eigenvalue weighted by molar-refractivity contribution is 7.88. The molecular weight excluding hydrogens is 322 g/mol. The van der Waals surface area contributed by atoms with Gasteiger partial charge in [0.05, 0.1) is 18.4 Å². The van der Waals surface area contributed by atoms with Crippen LogP contribution in [-0.4, -0.2) is 60.6 Å². The highest BCUT2D eigenvalue weighted by Gasteiger charge is 2.34. The third-order valence-electron chi connectivity index (χ3n) is 4.28. The van der Waals surface area contributed by atoms with E-state index in [1.54, 1.807) is 13.8 Å². The molecule has 0 aromatic carbocycles. The molecule has 1 aliphatic heterocycles. The molecule has 0 saturated carbocycles. The molecular formula is C14H27N3O5S. The van der Waals surface area contributed by atoms with Crippen LogP contribution in [0.15, 0.2) is 0 Å². The number of nitrogens with zero attached hydrogens (tertiary/aromatic N) is 1. The Morgan fingerprint density at radius 3 is 2.52 bits per heavy atom. The number of nitrogens with two attached hydrogens (primary N) is 1. The summed E-state index contributed by atoms with van der Waals surface area (Å²) in [4.78, 5) is 22.9. The van der Waals surface area contributed by atoms with Crippen molar-refractivity contribution in [3.8, 4) is 0 Å². The second kappa shape index (κ2) is 8.07. The number of primary amides is 1. The minimum absolute atomic E-state index is 0.0391. The summed E-state index contributed by atoms with van der Waals surface area (Å²) in [5.41, 5.74) is 5.15. The number of carbonyl (C=O) groups excluding carboxylic acids is 2. The molecule has 134 valence electrons. The molecule has 0 aliphatic carbocycles. The lowest BCUT2D eigenvalue weighted by atomic mass is 10.0. The van der Waals surface area contributed by atoms with Gasteiger partial charge in [-0.05, 0) is 26.2 Å². The minimum Gasteiger partial charge on any atom is -0.390 e. The van der Waals surface area contributed by atoms with Crippen molar-refractivity contribution >= 4 is 21.8 Å². The second-order valence-electron chi connectivity index (χ2n) is 6.34. The maximum Gasteiger partial charge on any atom is 0.220 e. The van der Waals surface area contributed by atoms with E-state index in [0.717, 1.165) is 6.26 Å². The van der Waals surface area contributed by atoms with Crippen molar-refractivity contribution in [3.63, 3.8) is 0 Å². The van der Waals surface area contributed by atoms with Crippen LogP contribution >= 0.6 is 0 Å². The number of hydrogen-bond acceptors (Lipinski definition) is 5. The van der Waals surface area contributed by atoms with Crippen LogP contribution in [0.5, 0.6) is 0 Å². The summed E-state index contributed by atoms with van der Waals surface area (Å²) in [7, 11) is -3.40. The van der Waals surface area contributed by atoms with Gasteiger partial charge in [-0.15, -0.1) is 0 Å². The van der Waals surface area contributed by atoms with Crippen molar-refractivity contribution in [2.24, 2.45) is 11.7 Å². The minimum atomic E-state index is -3.40. The Kier molecular flexibility index (Phi) is 6.97. The number of sulfonamides is 1. The first kappa shape index (κ1) is 19.9. The number of aliphatic hydroxyl groups is 1. The van der Waals surface area contributed by atoms with E-state index >= 15 is 0 Å². The summed E-state index contributed by atoms with van der Waals surface area (Å²) >= 11 is 0. The first-order valence-electron chi connectivity index (χ1n) is 7.76. The topological polar surface area (TPSA) is 130 Å². The molecule has 1 aliphatic rings. The van der Waals surface area contributed by atoms with E-state index in [0.29, 0.717) is 19.3 Å². The van der Waals surface area contributed by atoms with E-state index in [9.17, 15) is 23.1 Å². The standard InChI is InChI=1S/C14H27N3O5S/c1-9(14(15)20)4-7-13(19)16-11-6-5-10(2)17(8-12(11)18)23(3,21)22/h9-12,18H,4-8H2,1-3H3,(H2,15,20)(H,16,19)/t9-,10+,11-,12-/m0/s1. The third kappa shape index (κ3) is 6.08. The molecule has 9 heteroatoms. The quantitative estimate of drug-likeness (QED) is 0.577. The predicted molar refractivity (Wildman–Crippen MR) is 85.8 cm³/mol. The van der Waals surface area contributed by atoms with Crippen LogP contribution in [0.4, 0.5) is 0 Å². The smallest absolute Gasteiger partial charge is 0.220 e. The van der Waals surface area contributed by atoms with Crippen molar-refractivity contribution in [2.45, 2.75) is 57.7 Å². The van der Waals surface area contributed by atoms with Crippen LogP contribution in [0.1, 0.15) is 39.5 Å². The van der Waals surface area contributed by atoms with E-state index in [2.05, 4.69) is 5.32 Å². The average molecular weight is 349 g/mol.